The summed E-state index contributed by atoms with van der Waals surface area (Å²) in [5.41, 5.74) is 2.05. The van der Waals surface area contributed by atoms with Gasteiger partial charge in [0, 0.05) is 54.5 Å². The zero-order valence-corrected chi connectivity index (χ0v) is 26.4. The second kappa shape index (κ2) is 11.5. The van der Waals surface area contributed by atoms with Gasteiger partial charge >= 0.3 is 0 Å². The minimum atomic E-state index is -0.559. The number of hydrogen-bond acceptors (Lipinski definition) is 6. The lowest BCUT2D eigenvalue weighted by Crippen LogP contribution is -2.04. The van der Waals surface area contributed by atoms with E-state index in [1.807, 2.05) is 6.07 Å². The number of rotatable bonds is 5. The summed E-state index contributed by atoms with van der Waals surface area (Å²) in [5, 5.41) is 0.443. The molecule has 0 aliphatic carbocycles. The van der Waals surface area contributed by atoms with Crippen LogP contribution < -0.4 is 0 Å². The molecule has 10 rings (SSSR count). The molecule has 6 aromatic carbocycles. The van der Waals surface area contributed by atoms with Crippen LogP contribution >= 0.6 is 11.3 Å². The molecule has 0 radical (unpaired) electrons. The maximum absolute atomic E-state index is 9.06. The Morgan fingerprint density at radius 1 is 0.500 bits per heavy atom. The molecule has 50 heavy (non-hydrogen) atoms. The molecule has 0 fully saturated rings. The van der Waals surface area contributed by atoms with Gasteiger partial charge in [-0.3, -0.25) is 0 Å². The summed E-state index contributed by atoms with van der Waals surface area (Å²) < 4.78 is 116. The van der Waals surface area contributed by atoms with Crippen LogP contribution in [0.1, 0.15) is 17.8 Å². The minimum Gasteiger partial charge on any atom is -0.309 e. The molecule has 0 aliphatic heterocycles. The highest BCUT2D eigenvalue weighted by molar-refractivity contribution is 7.26. The van der Waals surface area contributed by atoms with E-state index in [9.17, 15) is 0 Å². The van der Waals surface area contributed by atoms with Crippen molar-refractivity contribution in [2.75, 3.05) is 0 Å². The highest BCUT2D eigenvalue weighted by atomic mass is 32.1. The highest BCUT2D eigenvalue weighted by Gasteiger charge is 2.20. The van der Waals surface area contributed by atoms with Gasteiger partial charge in [0.25, 0.3) is 0 Å². The van der Waals surface area contributed by atoms with E-state index >= 15 is 0 Å². The summed E-state index contributed by atoms with van der Waals surface area (Å²) in [6.45, 7) is 0. The predicted octanol–water partition coefficient (Wildman–Crippen LogP) is 10.8. The van der Waals surface area contributed by atoms with Crippen molar-refractivity contribution in [3.05, 3.63) is 158 Å². The van der Waals surface area contributed by atoms with Crippen molar-refractivity contribution >= 4 is 53.3 Å². The number of hydrogen-bond donors (Lipinski definition) is 0. The summed E-state index contributed by atoms with van der Waals surface area (Å²) in [7, 11) is 0. The Labute approximate surface area is 309 Å². The first-order valence-corrected chi connectivity index (χ1v) is 16.2. The number of aromatic nitrogens is 6. The topological polar surface area (TPSA) is 69.4 Å². The van der Waals surface area contributed by atoms with Crippen LogP contribution in [0.15, 0.2) is 158 Å². The van der Waals surface area contributed by atoms with E-state index in [1.54, 1.807) is 54.6 Å². The molecule has 0 N–H and O–H groups in total. The first kappa shape index (κ1) is 18.3. The van der Waals surface area contributed by atoms with Crippen molar-refractivity contribution in [1.82, 2.24) is 29.5 Å². The molecule has 10 aromatic rings. The van der Waals surface area contributed by atoms with Gasteiger partial charge in [-0.1, -0.05) is 103 Å². The van der Waals surface area contributed by atoms with Crippen LogP contribution in [0.25, 0.3) is 93.2 Å². The van der Waals surface area contributed by atoms with Crippen LogP contribution in [0.4, 0.5) is 0 Å². The van der Waals surface area contributed by atoms with E-state index in [-0.39, 0.29) is 86.4 Å². The summed E-state index contributed by atoms with van der Waals surface area (Å²) >= 11 is 1.22. The van der Waals surface area contributed by atoms with Crippen LogP contribution in [-0.4, -0.2) is 29.5 Å². The molecule has 0 bridgehead atoms. The molecular weight excluding hydrogens is 633 g/mol. The fraction of sp³-hybridized carbons (Fsp3) is 0. The Morgan fingerprint density at radius 2 is 1.20 bits per heavy atom. The van der Waals surface area contributed by atoms with E-state index in [2.05, 4.69) is 9.97 Å². The second-order valence-electron chi connectivity index (χ2n) is 11.2. The molecule has 0 amide bonds. The summed E-state index contributed by atoms with van der Waals surface area (Å²) in [6.07, 6.45) is 3.05. The largest absolute Gasteiger partial charge is 0.309 e. The van der Waals surface area contributed by atoms with Gasteiger partial charge in [-0.15, -0.1) is 11.3 Å². The molecule has 7 heteroatoms. The number of fused-ring (bicyclic) bond motifs is 6. The van der Waals surface area contributed by atoms with Crippen molar-refractivity contribution in [2.45, 2.75) is 0 Å². The van der Waals surface area contributed by atoms with Gasteiger partial charge in [-0.05, 0) is 53.5 Å². The molecule has 0 atom stereocenters. The van der Waals surface area contributed by atoms with Gasteiger partial charge in [-0.2, -0.15) is 0 Å². The Bertz CT molecular complexity index is 3560. The first-order valence-electron chi connectivity index (χ1n) is 21.9. The smallest absolute Gasteiger partial charge is 0.201 e. The van der Waals surface area contributed by atoms with Crippen LogP contribution in [0, 0.1) is 0 Å². The fourth-order valence-corrected chi connectivity index (χ4v) is 7.24. The van der Waals surface area contributed by atoms with E-state index in [0.29, 0.717) is 37.0 Å². The zero-order chi connectivity index (χ0) is 44.3. The van der Waals surface area contributed by atoms with Crippen LogP contribution in [0.5, 0.6) is 0 Å². The van der Waals surface area contributed by atoms with E-state index in [0.717, 1.165) is 0 Å². The van der Waals surface area contributed by atoms with Crippen molar-refractivity contribution in [1.29, 1.82) is 0 Å². The number of benzene rings is 6. The first-order chi connectivity index (χ1) is 30.2. The lowest BCUT2D eigenvalue weighted by molar-refractivity contribution is 1.03. The summed E-state index contributed by atoms with van der Waals surface area (Å²) in [5.74, 6) is 0.440. The predicted molar refractivity (Wildman–Crippen MR) is 204 cm³/mol. The SMILES string of the molecule is [2H]c1cc([2H])c2sc3c(-c4cccc(-c5nc(-c6ncccn6)nc(-c6ccccc6-n6c7c([2H])c([2H])c([2H])c([2H])c7c7c([2H])c([2H])c([2H])c([2H])c76)n5)c4)cc([2H])c([2H])c3c2c1[2H]. The highest BCUT2D eigenvalue weighted by Crippen LogP contribution is 2.41. The Balaban J connectivity index is 1.24. The van der Waals surface area contributed by atoms with Crippen molar-refractivity contribution in [3.8, 4) is 51.2 Å². The Morgan fingerprint density at radius 3 is 2.04 bits per heavy atom. The summed E-state index contributed by atoms with van der Waals surface area (Å²) in [6, 6.07) is 13.8. The van der Waals surface area contributed by atoms with Gasteiger partial charge in [-0.25, -0.2) is 24.9 Å². The van der Waals surface area contributed by atoms with E-state index in [4.69, 9.17) is 32.8 Å². The third kappa shape index (κ3) is 4.59. The molecule has 0 saturated carbocycles. The number of thiophene rings is 1. The molecule has 6 nitrogen and oxygen atoms in total. The normalized spacial score (nSPS) is 15.2. The van der Waals surface area contributed by atoms with E-state index < -0.39 is 48.3 Å². The fourth-order valence-electron chi connectivity index (χ4n) is 6.12. The van der Waals surface area contributed by atoms with Gasteiger partial charge in [0.2, 0.25) is 5.82 Å². The zero-order valence-electron chi connectivity index (χ0n) is 38.6. The van der Waals surface area contributed by atoms with Gasteiger partial charge in [0.1, 0.15) is 0 Å². The maximum atomic E-state index is 9.06. The lowest BCUT2D eigenvalue weighted by Gasteiger charge is -2.14. The molecule has 234 valence electrons. The molecule has 0 unspecified atom stereocenters. The summed E-state index contributed by atoms with van der Waals surface area (Å²) in [4.78, 5) is 23.3. The monoisotopic (exact) mass is 671 g/mol. The minimum absolute atomic E-state index is 0.0492. The second-order valence-corrected chi connectivity index (χ2v) is 12.2. The van der Waals surface area contributed by atoms with Gasteiger partial charge in [0.15, 0.2) is 17.5 Å². The average molecular weight is 672 g/mol. The van der Waals surface area contributed by atoms with E-state index in [1.165, 1.54) is 34.4 Å². The standard InChI is InChI=1S/C43H26N6S/c1-5-20-35-30(14-1)31-15-2-6-21-36(31)49(35)37-22-7-3-17-34(37)41-46-40(47-43(48-41)42-44-24-11-25-45-42)28-13-9-12-27(26-28)29-18-10-19-33-32-16-4-8-23-38(32)50-39(29)33/h1-26H/i1D,2D,4D,5D,6D,10D,14D,15D,16D,19D,20D,21D,23D. The third-order valence-corrected chi connectivity index (χ3v) is 9.44. The van der Waals surface area contributed by atoms with Gasteiger partial charge < -0.3 is 4.57 Å². The van der Waals surface area contributed by atoms with Crippen LogP contribution in [0.2, 0.25) is 0 Å². The molecule has 4 heterocycles. The average Bonchev–Trinajstić information content (AvgIpc) is 3.88. The van der Waals surface area contributed by atoms with Crippen molar-refractivity contribution in [3.63, 3.8) is 0 Å². The quantitative estimate of drug-likeness (QED) is 0.182. The van der Waals surface area contributed by atoms with Crippen molar-refractivity contribution < 1.29 is 17.8 Å². The third-order valence-electron chi connectivity index (χ3n) is 8.29. The molecule has 0 saturated heterocycles. The van der Waals surface area contributed by atoms with Crippen LogP contribution in [-0.2, 0) is 0 Å². The Hall–Kier alpha value is -6.57. The van der Waals surface area contributed by atoms with Gasteiger partial charge in [0.05, 0.1) is 34.5 Å². The molecule has 0 aliphatic rings. The Kier molecular flexibility index (Phi) is 4.22. The molecular formula is C43H26N6S. The lowest BCUT2D eigenvalue weighted by atomic mass is 10.0. The van der Waals surface area contributed by atoms with Crippen molar-refractivity contribution in [2.24, 2.45) is 0 Å². The molecule has 4 aromatic heterocycles. The maximum Gasteiger partial charge on any atom is 0.201 e. The number of nitrogens with zero attached hydrogens (tertiary/aromatic N) is 6. The van der Waals surface area contributed by atoms with Crippen LogP contribution in [0.3, 0.4) is 0 Å². The molecule has 0 spiro atoms. The number of para-hydroxylation sites is 3.